The minimum absolute atomic E-state index is 0.0759. The number of ether oxygens (including phenoxy) is 1. The van der Waals surface area contributed by atoms with E-state index in [4.69, 9.17) is 27.9 Å². The van der Waals surface area contributed by atoms with Crippen LogP contribution in [0.2, 0.25) is 10.0 Å². The molecular weight excluding hydrogens is 445 g/mol. The Morgan fingerprint density at radius 3 is 2.72 bits per heavy atom. The molecule has 3 aromatic rings. The van der Waals surface area contributed by atoms with E-state index in [1.165, 1.54) is 0 Å². The minimum Gasteiger partial charge on any atom is -0.367 e. The quantitative estimate of drug-likeness (QED) is 0.272. The zero-order chi connectivity index (χ0) is 22.8. The zero-order valence-corrected chi connectivity index (χ0v) is 19.5. The molecule has 0 saturated heterocycles. The van der Waals surface area contributed by atoms with Crippen LogP contribution in [0.1, 0.15) is 42.6 Å². The standard InChI is InChI=1S/C25H27Cl2N3O2/c1-2-3-12-29-25(31)11-8-19-4-6-20(7-5-19)17-32-24(16-30-14-13-28-18-30)22-10-9-21(26)15-23(22)27/h4-11,13-15,18,24H,2-3,12,16-17H2,1H3,(H,29,31). The molecule has 1 aromatic heterocycles. The highest BCUT2D eigenvalue weighted by Crippen LogP contribution is 2.30. The Kier molecular flexibility index (Phi) is 9.35. The molecule has 0 radical (unpaired) electrons. The van der Waals surface area contributed by atoms with Crippen molar-refractivity contribution in [3.8, 4) is 0 Å². The number of nitrogens with zero attached hydrogens (tertiary/aromatic N) is 2. The van der Waals surface area contributed by atoms with Crippen molar-refractivity contribution < 1.29 is 9.53 Å². The van der Waals surface area contributed by atoms with Crippen molar-refractivity contribution in [3.05, 3.63) is 94.0 Å². The first-order valence-corrected chi connectivity index (χ1v) is 11.4. The molecule has 3 rings (SSSR count). The summed E-state index contributed by atoms with van der Waals surface area (Å²) in [6, 6.07) is 13.3. The highest BCUT2D eigenvalue weighted by atomic mass is 35.5. The molecule has 0 aliphatic rings. The van der Waals surface area contributed by atoms with E-state index >= 15 is 0 Å². The van der Waals surface area contributed by atoms with Gasteiger partial charge in [0, 0.05) is 40.6 Å². The second-order valence-corrected chi connectivity index (χ2v) is 8.29. The van der Waals surface area contributed by atoms with Crippen LogP contribution in [0.4, 0.5) is 0 Å². The van der Waals surface area contributed by atoms with Gasteiger partial charge in [0.15, 0.2) is 0 Å². The van der Waals surface area contributed by atoms with Crippen LogP contribution in [-0.2, 0) is 22.7 Å². The molecule has 168 valence electrons. The van der Waals surface area contributed by atoms with Crippen molar-refractivity contribution in [2.75, 3.05) is 6.54 Å². The maximum atomic E-state index is 11.8. The summed E-state index contributed by atoms with van der Waals surface area (Å²) in [4.78, 5) is 15.9. The number of hydrogen-bond donors (Lipinski definition) is 1. The van der Waals surface area contributed by atoms with Gasteiger partial charge >= 0.3 is 0 Å². The molecule has 1 N–H and O–H groups in total. The van der Waals surface area contributed by atoms with E-state index in [0.717, 1.165) is 29.5 Å². The van der Waals surface area contributed by atoms with Gasteiger partial charge in [0.05, 0.1) is 19.5 Å². The Bertz CT molecular complexity index is 1020. The number of nitrogens with one attached hydrogen (secondary N) is 1. The second-order valence-electron chi connectivity index (χ2n) is 7.44. The zero-order valence-electron chi connectivity index (χ0n) is 18.0. The van der Waals surface area contributed by atoms with E-state index in [-0.39, 0.29) is 12.0 Å². The minimum atomic E-state index is -0.264. The smallest absolute Gasteiger partial charge is 0.243 e. The molecule has 0 saturated carbocycles. The number of halogens is 2. The van der Waals surface area contributed by atoms with Crippen LogP contribution < -0.4 is 5.32 Å². The number of aromatic nitrogens is 2. The molecule has 0 spiro atoms. The normalized spacial score (nSPS) is 12.2. The lowest BCUT2D eigenvalue weighted by Gasteiger charge is -2.20. The number of carbonyl (C=O) groups is 1. The van der Waals surface area contributed by atoms with Crippen molar-refractivity contribution in [1.29, 1.82) is 0 Å². The van der Waals surface area contributed by atoms with E-state index in [2.05, 4.69) is 17.2 Å². The molecule has 1 amide bonds. The number of benzene rings is 2. The highest BCUT2D eigenvalue weighted by Gasteiger charge is 2.17. The lowest BCUT2D eigenvalue weighted by Crippen LogP contribution is -2.21. The molecule has 0 bridgehead atoms. The van der Waals surface area contributed by atoms with E-state index in [9.17, 15) is 4.79 Å². The topological polar surface area (TPSA) is 56.1 Å². The van der Waals surface area contributed by atoms with Crippen LogP contribution in [-0.4, -0.2) is 22.0 Å². The van der Waals surface area contributed by atoms with E-state index < -0.39 is 0 Å². The molecule has 5 nitrogen and oxygen atoms in total. The van der Waals surface area contributed by atoms with Crippen molar-refractivity contribution in [1.82, 2.24) is 14.9 Å². The van der Waals surface area contributed by atoms with E-state index in [1.807, 2.05) is 47.2 Å². The van der Waals surface area contributed by atoms with Gasteiger partial charge in [-0.2, -0.15) is 0 Å². The van der Waals surface area contributed by atoms with Crippen LogP contribution in [0.15, 0.2) is 67.3 Å². The number of imidazole rings is 1. The van der Waals surface area contributed by atoms with Crippen LogP contribution in [0.3, 0.4) is 0 Å². The fourth-order valence-electron chi connectivity index (χ4n) is 3.13. The summed E-state index contributed by atoms with van der Waals surface area (Å²) < 4.78 is 8.20. The van der Waals surface area contributed by atoms with E-state index in [1.54, 1.807) is 30.7 Å². The predicted octanol–water partition coefficient (Wildman–Crippen LogP) is 6.08. The maximum Gasteiger partial charge on any atom is 0.243 e. The Morgan fingerprint density at radius 1 is 1.22 bits per heavy atom. The number of carbonyl (C=O) groups excluding carboxylic acids is 1. The van der Waals surface area contributed by atoms with Crippen molar-refractivity contribution in [3.63, 3.8) is 0 Å². The number of rotatable bonds is 11. The summed E-state index contributed by atoms with van der Waals surface area (Å²) in [5.74, 6) is -0.0759. The first-order valence-electron chi connectivity index (χ1n) is 10.6. The first-order chi connectivity index (χ1) is 15.5. The fourth-order valence-corrected chi connectivity index (χ4v) is 3.66. The lowest BCUT2D eigenvalue weighted by molar-refractivity contribution is -0.116. The summed E-state index contributed by atoms with van der Waals surface area (Å²) in [7, 11) is 0. The number of hydrogen-bond acceptors (Lipinski definition) is 3. The lowest BCUT2D eigenvalue weighted by atomic mass is 10.1. The molecule has 32 heavy (non-hydrogen) atoms. The largest absolute Gasteiger partial charge is 0.367 e. The average Bonchev–Trinajstić information content (AvgIpc) is 3.29. The summed E-state index contributed by atoms with van der Waals surface area (Å²) in [6.07, 6.45) is 10.5. The number of unbranched alkanes of at least 4 members (excludes halogenated alkanes) is 1. The molecule has 0 fully saturated rings. The van der Waals surface area contributed by atoms with Crippen molar-refractivity contribution in [2.45, 2.75) is 39.0 Å². The fraction of sp³-hybridized carbons (Fsp3) is 0.280. The van der Waals surface area contributed by atoms with Gasteiger partial charge in [-0.1, -0.05) is 66.9 Å². The molecule has 0 aliphatic carbocycles. The van der Waals surface area contributed by atoms with Gasteiger partial charge in [-0.3, -0.25) is 4.79 Å². The summed E-state index contributed by atoms with van der Waals surface area (Å²) in [5, 5.41) is 4.02. The molecular formula is C25H27Cl2N3O2. The summed E-state index contributed by atoms with van der Waals surface area (Å²) in [6.45, 7) is 3.79. The molecule has 1 heterocycles. The summed E-state index contributed by atoms with van der Waals surface area (Å²) >= 11 is 12.5. The number of amides is 1. The second kappa shape index (κ2) is 12.4. The van der Waals surface area contributed by atoms with Gasteiger partial charge in [-0.25, -0.2) is 4.98 Å². The average molecular weight is 472 g/mol. The first kappa shape index (κ1) is 24.1. The third-order valence-corrected chi connectivity index (χ3v) is 5.50. The Morgan fingerprint density at radius 2 is 2.03 bits per heavy atom. The van der Waals surface area contributed by atoms with Gasteiger partial charge in [0.1, 0.15) is 6.10 Å². The van der Waals surface area contributed by atoms with Crippen molar-refractivity contribution in [2.24, 2.45) is 0 Å². The molecule has 1 atom stereocenters. The van der Waals surface area contributed by atoms with Crippen LogP contribution in [0.5, 0.6) is 0 Å². The SMILES string of the molecule is CCCCNC(=O)C=Cc1ccc(COC(Cn2ccnc2)c2ccc(Cl)cc2Cl)cc1. The maximum absolute atomic E-state index is 11.8. The Labute approximate surface area is 199 Å². The molecule has 7 heteroatoms. The predicted molar refractivity (Wildman–Crippen MR) is 130 cm³/mol. The monoisotopic (exact) mass is 471 g/mol. The van der Waals surface area contributed by atoms with E-state index in [0.29, 0.717) is 29.7 Å². The Balaban J connectivity index is 1.62. The van der Waals surface area contributed by atoms with Gasteiger partial charge in [-0.05, 0) is 35.8 Å². The van der Waals surface area contributed by atoms with Crippen LogP contribution >= 0.6 is 23.2 Å². The third-order valence-electron chi connectivity index (χ3n) is 4.93. The van der Waals surface area contributed by atoms with Gasteiger partial charge in [0.2, 0.25) is 5.91 Å². The molecule has 0 aliphatic heterocycles. The summed E-state index contributed by atoms with van der Waals surface area (Å²) in [5.41, 5.74) is 2.85. The van der Waals surface area contributed by atoms with Gasteiger partial charge in [-0.15, -0.1) is 0 Å². The Hall–Kier alpha value is -2.60. The third kappa shape index (κ3) is 7.52. The highest BCUT2D eigenvalue weighted by molar-refractivity contribution is 6.35. The van der Waals surface area contributed by atoms with Crippen molar-refractivity contribution >= 4 is 35.2 Å². The van der Waals surface area contributed by atoms with Gasteiger partial charge in [0.25, 0.3) is 0 Å². The molecule has 2 aromatic carbocycles. The van der Waals surface area contributed by atoms with Crippen LogP contribution in [0, 0.1) is 0 Å². The van der Waals surface area contributed by atoms with Gasteiger partial charge < -0.3 is 14.6 Å². The molecule has 1 unspecified atom stereocenters. The van der Waals surface area contributed by atoms with Crippen LogP contribution in [0.25, 0.3) is 6.08 Å².